The van der Waals surface area contributed by atoms with Gasteiger partial charge in [0.15, 0.2) is 11.5 Å². The van der Waals surface area contributed by atoms with Crippen LogP contribution in [0.1, 0.15) is 54.1 Å². The first-order valence-electron chi connectivity index (χ1n) is 11.7. The van der Waals surface area contributed by atoms with Gasteiger partial charge in [-0.25, -0.2) is 0 Å². The van der Waals surface area contributed by atoms with Crippen molar-refractivity contribution in [3.63, 3.8) is 0 Å². The fraction of sp³-hybridized carbons (Fsp3) is 0.385. The number of nitrogens with one attached hydrogen (secondary N) is 1. The van der Waals surface area contributed by atoms with Crippen molar-refractivity contribution in [2.45, 2.75) is 44.2 Å². The van der Waals surface area contributed by atoms with E-state index < -0.39 is 16.9 Å². The highest BCUT2D eigenvalue weighted by atomic mass is 127. The highest BCUT2D eigenvalue weighted by Crippen LogP contribution is 2.37. The van der Waals surface area contributed by atoms with Crippen LogP contribution in [0, 0.1) is 13.7 Å². The third-order valence-corrected chi connectivity index (χ3v) is 7.15. The third-order valence-electron chi connectivity index (χ3n) is 6.22. The number of nitro groups is 1. The molecule has 0 aliphatic heterocycles. The van der Waals surface area contributed by atoms with Crippen LogP contribution < -0.4 is 14.8 Å². The van der Waals surface area contributed by atoms with E-state index >= 15 is 0 Å². The van der Waals surface area contributed by atoms with E-state index in [-0.39, 0.29) is 29.7 Å². The molecule has 2 amide bonds. The van der Waals surface area contributed by atoms with Gasteiger partial charge in [0, 0.05) is 39.4 Å². The van der Waals surface area contributed by atoms with Crippen molar-refractivity contribution in [2.75, 3.05) is 20.8 Å². The van der Waals surface area contributed by atoms with Crippen LogP contribution >= 0.6 is 22.6 Å². The molecule has 192 valence electrons. The number of benzene rings is 2. The largest absolute Gasteiger partial charge is 0.493 e. The first-order chi connectivity index (χ1) is 17.3. The van der Waals surface area contributed by atoms with Crippen LogP contribution in [0.5, 0.6) is 11.5 Å². The Balaban J connectivity index is 2.08. The van der Waals surface area contributed by atoms with E-state index in [2.05, 4.69) is 34.5 Å². The number of carbonyl (C=O) groups excluding carboxylic acids is 2. The summed E-state index contributed by atoms with van der Waals surface area (Å²) in [7, 11) is 3.04. The molecule has 2 aromatic carbocycles. The Hall–Kier alpha value is -3.15. The summed E-state index contributed by atoms with van der Waals surface area (Å²) in [5.41, 5.74) is 0.690. The Morgan fingerprint density at radius 1 is 1.17 bits per heavy atom. The van der Waals surface area contributed by atoms with Gasteiger partial charge in [-0.1, -0.05) is 25.3 Å². The van der Waals surface area contributed by atoms with Crippen molar-refractivity contribution in [2.24, 2.45) is 0 Å². The fourth-order valence-corrected chi connectivity index (χ4v) is 5.13. The first kappa shape index (κ1) is 27.4. The molecule has 1 fully saturated rings. The van der Waals surface area contributed by atoms with Gasteiger partial charge < -0.3 is 19.7 Å². The van der Waals surface area contributed by atoms with E-state index in [1.165, 1.54) is 43.4 Å². The third kappa shape index (κ3) is 6.34. The lowest BCUT2D eigenvalue weighted by Crippen LogP contribution is -2.47. The van der Waals surface area contributed by atoms with E-state index in [9.17, 15) is 19.7 Å². The van der Waals surface area contributed by atoms with Gasteiger partial charge in [0.2, 0.25) is 5.91 Å². The molecule has 36 heavy (non-hydrogen) atoms. The normalized spacial score (nSPS) is 14.4. The highest BCUT2D eigenvalue weighted by Gasteiger charge is 2.35. The van der Waals surface area contributed by atoms with E-state index in [0.29, 0.717) is 17.1 Å². The number of halogens is 1. The maximum absolute atomic E-state index is 13.8. The second kappa shape index (κ2) is 12.7. The van der Waals surface area contributed by atoms with Gasteiger partial charge in [-0.15, -0.1) is 6.58 Å². The molecule has 0 heterocycles. The monoisotopic (exact) mass is 607 g/mol. The number of hydrogen-bond donors (Lipinski definition) is 1. The molecule has 10 heteroatoms. The number of nitro benzene ring substituents is 1. The van der Waals surface area contributed by atoms with Crippen LogP contribution in [0.2, 0.25) is 0 Å². The van der Waals surface area contributed by atoms with Crippen LogP contribution in [0.25, 0.3) is 0 Å². The summed E-state index contributed by atoms with van der Waals surface area (Å²) in [5, 5.41) is 14.2. The number of non-ortho nitro benzene ring substituents is 1. The zero-order chi connectivity index (χ0) is 26.2. The molecule has 0 saturated heterocycles. The number of rotatable bonds is 10. The van der Waals surface area contributed by atoms with Crippen molar-refractivity contribution >= 4 is 40.1 Å². The van der Waals surface area contributed by atoms with Crippen molar-refractivity contribution in [1.29, 1.82) is 0 Å². The van der Waals surface area contributed by atoms with Crippen LogP contribution in [0.3, 0.4) is 0 Å². The van der Waals surface area contributed by atoms with Crippen LogP contribution in [-0.4, -0.2) is 48.4 Å². The molecular formula is C26H30IN3O6. The summed E-state index contributed by atoms with van der Waals surface area (Å²) in [4.78, 5) is 39.5. The molecule has 1 atom stereocenters. The summed E-state index contributed by atoms with van der Waals surface area (Å²) < 4.78 is 11.6. The fourth-order valence-electron chi connectivity index (χ4n) is 4.39. The number of hydrogen-bond acceptors (Lipinski definition) is 6. The zero-order valence-electron chi connectivity index (χ0n) is 20.4. The number of ether oxygens (including phenoxy) is 2. The Morgan fingerprint density at radius 3 is 2.33 bits per heavy atom. The summed E-state index contributed by atoms with van der Waals surface area (Å²) in [6, 6.07) is 7.86. The molecule has 1 N–H and O–H groups in total. The molecule has 3 rings (SSSR count). The number of amides is 2. The van der Waals surface area contributed by atoms with Crippen LogP contribution in [-0.2, 0) is 4.79 Å². The molecular weight excluding hydrogens is 577 g/mol. The van der Waals surface area contributed by atoms with Gasteiger partial charge in [-0.2, -0.15) is 0 Å². The lowest BCUT2D eigenvalue weighted by Gasteiger charge is -2.33. The van der Waals surface area contributed by atoms with Gasteiger partial charge in [0.25, 0.3) is 11.6 Å². The standard InChI is InChI=1S/C26H30IN3O6/c1-4-14-29(26(32)17-10-12-19(13-11-17)30(33)34)24(25(31)28-18-8-6-5-7-9-18)20-15-22(35-2)23(36-3)16-21(20)27/h4,10-13,15-16,18,24H,1,5-9,14H2,2-3H3,(H,28,31). The molecule has 0 radical (unpaired) electrons. The van der Waals surface area contributed by atoms with Gasteiger partial charge in [0.1, 0.15) is 6.04 Å². The number of carbonyl (C=O) groups is 2. The lowest BCUT2D eigenvalue weighted by molar-refractivity contribution is -0.384. The minimum Gasteiger partial charge on any atom is -0.493 e. The molecule has 9 nitrogen and oxygen atoms in total. The average molecular weight is 607 g/mol. The van der Waals surface area contributed by atoms with Crippen molar-refractivity contribution in [3.8, 4) is 11.5 Å². The highest BCUT2D eigenvalue weighted by molar-refractivity contribution is 14.1. The molecule has 1 aliphatic carbocycles. The van der Waals surface area contributed by atoms with E-state index in [0.717, 1.165) is 35.7 Å². The minimum absolute atomic E-state index is 0.0339. The van der Waals surface area contributed by atoms with E-state index in [1.807, 2.05) is 0 Å². The molecule has 0 aromatic heterocycles. The Kier molecular flexibility index (Phi) is 9.68. The molecule has 1 unspecified atom stereocenters. The Morgan fingerprint density at radius 2 is 1.78 bits per heavy atom. The smallest absolute Gasteiger partial charge is 0.269 e. The summed E-state index contributed by atoms with van der Waals surface area (Å²) in [6.07, 6.45) is 6.56. The van der Waals surface area contributed by atoms with Crippen LogP contribution in [0.4, 0.5) is 5.69 Å². The van der Waals surface area contributed by atoms with Crippen molar-refractivity contribution in [3.05, 3.63) is 73.9 Å². The average Bonchev–Trinajstić information content (AvgIpc) is 2.89. The Labute approximate surface area is 224 Å². The van der Waals surface area contributed by atoms with E-state index in [4.69, 9.17) is 9.47 Å². The summed E-state index contributed by atoms with van der Waals surface area (Å²) >= 11 is 2.12. The molecule has 0 spiro atoms. The molecule has 1 saturated carbocycles. The first-order valence-corrected chi connectivity index (χ1v) is 12.8. The van der Waals surface area contributed by atoms with E-state index in [1.54, 1.807) is 18.2 Å². The lowest BCUT2D eigenvalue weighted by atomic mass is 9.94. The molecule has 2 aromatic rings. The molecule has 1 aliphatic rings. The second-order valence-electron chi connectivity index (χ2n) is 8.52. The van der Waals surface area contributed by atoms with Gasteiger partial charge in [-0.05, 0) is 59.7 Å². The predicted octanol–water partition coefficient (Wildman–Crippen LogP) is 5.04. The summed E-state index contributed by atoms with van der Waals surface area (Å²) in [5.74, 6) is 0.196. The number of nitrogens with zero attached hydrogens (tertiary/aromatic N) is 2. The summed E-state index contributed by atoms with van der Waals surface area (Å²) in [6.45, 7) is 3.87. The second-order valence-corrected chi connectivity index (χ2v) is 9.69. The maximum Gasteiger partial charge on any atom is 0.269 e. The minimum atomic E-state index is -0.987. The van der Waals surface area contributed by atoms with Gasteiger partial charge in [-0.3, -0.25) is 19.7 Å². The van der Waals surface area contributed by atoms with Crippen LogP contribution in [0.15, 0.2) is 49.1 Å². The topological polar surface area (TPSA) is 111 Å². The quantitative estimate of drug-likeness (QED) is 0.176. The van der Waals surface area contributed by atoms with Gasteiger partial charge in [0.05, 0.1) is 19.1 Å². The molecule has 0 bridgehead atoms. The number of methoxy groups -OCH3 is 2. The van der Waals surface area contributed by atoms with Crippen molar-refractivity contribution < 1.29 is 24.0 Å². The predicted molar refractivity (Wildman–Crippen MR) is 144 cm³/mol. The SMILES string of the molecule is C=CCN(C(=O)c1ccc([N+](=O)[O-])cc1)C(C(=O)NC1CCCCC1)c1cc(OC)c(OC)cc1I. The Bertz CT molecular complexity index is 1120. The zero-order valence-corrected chi connectivity index (χ0v) is 22.5. The van der Waals surface area contributed by atoms with Gasteiger partial charge >= 0.3 is 0 Å². The maximum atomic E-state index is 13.8. The van der Waals surface area contributed by atoms with Crippen molar-refractivity contribution in [1.82, 2.24) is 10.2 Å².